The van der Waals surface area contributed by atoms with Crippen molar-refractivity contribution in [2.75, 3.05) is 27.0 Å². The number of hydrogen-bond donors (Lipinski definition) is 1. The molecule has 1 aromatic rings. The molecule has 1 aliphatic carbocycles. The Labute approximate surface area is 212 Å². The van der Waals surface area contributed by atoms with Crippen LogP contribution in [0.4, 0.5) is 4.39 Å². The molecule has 1 saturated carbocycles. The first-order valence-corrected chi connectivity index (χ1v) is 14.2. The third kappa shape index (κ3) is 10.2. The van der Waals surface area contributed by atoms with Crippen LogP contribution >= 0.6 is 0 Å². The van der Waals surface area contributed by atoms with E-state index in [0.717, 1.165) is 63.7 Å². The molecule has 4 nitrogen and oxygen atoms in total. The second kappa shape index (κ2) is 16.3. The number of halogens is 1. The Morgan fingerprint density at radius 3 is 2.49 bits per heavy atom. The summed E-state index contributed by atoms with van der Waals surface area (Å²) in [6, 6.07) is 8.86. The number of aliphatic hydroxyl groups excluding tert-OH is 1. The zero-order valence-corrected chi connectivity index (χ0v) is 21.9. The molecule has 0 saturated heterocycles. The van der Waals surface area contributed by atoms with Gasteiger partial charge < -0.3 is 14.6 Å². The quantitative estimate of drug-likeness (QED) is 0.194. The summed E-state index contributed by atoms with van der Waals surface area (Å²) in [7, 11) is 1.77. The van der Waals surface area contributed by atoms with Crippen LogP contribution in [0, 0.1) is 5.92 Å². The molecule has 0 amide bonds. The number of benzene rings is 1. The number of aliphatic imine (C=N–C) groups is 1. The van der Waals surface area contributed by atoms with Crippen molar-refractivity contribution in [1.82, 2.24) is 0 Å². The van der Waals surface area contributed by atoms with Crippen molar-refractivity contribution >= 4 is 5.71 Å². The highest BCUT2D eigenvalue weighted by Crippen LogP contribution is 2.39. The first kappa shape index (κ1) is 28.1. The molecule has 0 radical (unpaired) electrons. The van der Waals surface area contributed by atoms with Gasteiger partial charge in [-0.1, -0.05) is 50.7 Å². The maximum Gasteiger partial charge on any atom is 0.119 e. The number of aliphatic hydroxyl groups is 1. The van der Waals surface area contributed by atoms with E-state index in [1.165, 1.54) is 49.8 Å². The van der Waals surface area contributed by atoms with Crippen molar-refractivity contribution in [3.8, 4) is 5.75 Å². The van der Waals surface area contributed by atoms with Crippen LogP contribution in [0.1, 0.15) is 108 Å². The molecular weight excluding hydrogens is 441 g/mol. The summed E-state index contributed by atoms with van der Waals surface area (Å²) >= 11 is 0. The molecule has 3 rings (SSSR count). The summed E-state index contributed by atoms with van der Waals surface area (Å²) in [5.74, 6) is 1.86. The van der Waals surface area contributed by atoms with Crippen LogP contribution in [-0.2, 0) is 4.74 Å². The lowest BCUT2D eigenvalue weighted by molar-refractivity contribution is 0.137. The fourth-order valence-electron chi connectivity index (χ4n) is 5.78. The average Bonchev–Trinajstić information content (AvgIpc) is 3.14. The van der Waals surface area contributed by atoms with Crippen LogP contribution < -0.4 is 4.74 Å². The Morgan fingerprint density at radius 2 is 1.69 bits per heavy atom. The minimum atomic E-state index is -0.278. The lowest BCUT2D eigenvalue weighted by Gasteiger charge is -2.24. The number of alkyl halides is 1. The van der Waals surface area contributed by atoms with Crippen LogP contribution in [0.3, 0.4) is 0 Å². The highest BCUT2D eigenvalue weighted by molar-refractivity contribution is 5.87. The van der Waals surface area contributed by atoms with Gasteiger partial charge in [0.05, 0.1) is 25.4 Å². The summed E-state index contributed by atoms with van der Waals surface area (Å²) < 4.78 is 23.2. The molecule has 0 spiro atoms. The molecule has 1 heterocycles. The molecule has 1 aliphatic heterocycles. The predicted octanol–water partition coefficient (Wildman–Crippen LogP) is 7.43. The summed E-state index contributed by atoms with van der Waals surface area (Å²) in [5.41, 5.74) is 2.73. The van der Waals surface area contributed by atoms with Crippen molar-refractivity contribution < 1.29 is 19.0 Å². The molecule has 1 aromatic carbocycles. The highest BCUT2D eigenvalue weighted by atomic mass is 19.1. The van der Waals surface area contributed by atoms with Crippen LogP contribution in [0.2, 0.25) is 0 Å². The lowest BCUT2D eigenvalue weighted by Crippen LogP contribution is -2.19. The van der Waals surface area contributed by atoms with Crippen molar-refractivity contribution in [2.45, 2.75) is 114 Å². The van der Waals surface area contributed by atoms with E-state index in [2.05, 4.69) is 24.3 Å². The molecule has 198 valence electrons. The Bertz CT molecular complexity index is 723. The van der Waals surface area contributed by atoms with Gasteiger partial charge in [0.25, 0.3) is 0 Å². The second-order valence-corrected chi connectivity index (χ2v) is 10.7. The second-order valence-electron chi connectivity index (χ2n) is 10.7. The van der Waals surface area contributed by atoms with Gasteiger partial charge in [-0.2, -0.15) is 0 Å². The lowest BCUT2D eigenvalue weighted by atomic mass is 9.83. The molecule has 35 heavy (non-hydrogen) atoms. The van der Waals surface area contributed by atoms with Crippen LogP contribution in [0.15, 0.2) is 29.3 Å². The van der Waals surface area contributed by atoms with E-state index < -0.39 is 0 Å². The summed E-state index contributed by atoms with van der Waals surface area (Å²) in [6.45, 7) is 1.16. The smallest absolute Gasteiger partial charge is 0.119 e. The van der Waals surface area contributed by atoms with Gasteiger partial charge in [-0.25, -0.2) is 0 Å². The predicted molar refractivity (Wildman–Crippen MR) is 143 cm³/mol. The number of ether oxygens (including phenoxy) is 2. The molecule has 1 fully saturated rings. The molecule has 0 aromatic heterocycles. The van der Waals surface area contributed by atoms with E-state index >= 15 is 0 Å². The van der Waals surface area contributed by atoms with Gasteiger partial charge in [0, 0.05) is 25.3 Å². The number of rotatable bonds is 16. The van der Waals surface area contributed by atoms with Crippen molar-refractivity contribution in [1.29, 1.82) is 0 Å². The minimum absolute atomic E-state index is 0.141. The summed E-state index contributed by atoms with van der Waals surface area (Å²) in [4.78, 5) is 5.28. The Kier molecular flexibility index (Phi) is 13.1. The zero-order chi connectivity index (χ0) is 24.7. The van der Waals surface area contributed by atoms with E-state index in [0.29, 0.717) is 30.9 Å². The Hall–Kier alpha value is -1.46. The van der Waals surface area contributed by atoms with Gasteiger partial charge in [-0.3, -0.25) is 9.38 Å². The molecule has 2 aliphatic rings. The van der Waals surface area contributed by atoms with Crippen molar-refractivity contribution in [2.24, 2.45) is 10.9 Å². The third-order valence-corrected chi connectivity index (χ3v) is 7.77. The van der Waals surface area contributed by atoms with Gasteiger partial charge in [0.2, 0.25) is 0 Å². The fourth-order valence-corrected chi connectivity index (χ4v) is 5.78. The van der Waals surface area contributed by atoms with Gasteiger partial charge in [-0.15, -0.1) is 0 Å². The topological polar surface area (TPSA) is 51.0 Å². The van der Waals surface area contributed by atoms with E-state index in [-0.39, 0.29) is 12.8 Å². The van der Waals surface area contributed by atoms with Crippen molar-refractivity contribution in [3.05, 3.63) is 29.8 Å². The summed E-state index contributed by atoms with van der Waals surface area (Å²) in [6.07, 6.45) is 16.1. The molecule has 4 atom stereocenters. The summed E-state index contributed by atoms with van der Waals surface area (Å²) in [5, 5.41) is 10.3. The van der Waals surface area contributed by atoms with Gasteiger partial charge in [-0.05, 0) is 81.4 Å². The standard InChI is InChI=1S/C30H48FNO3/c1-34-19-9-4-2-3-5-12-26-23-29(25-14-16-28(17-15-25)35-20-10-8-18-31)30(32-26)22-24-11-6-7-13-27(33)21-24/h14-17,24,27,29-30,33H,2-13,18-23H2,1H3. The minimum Gasteiger partial charge on any atom is -0.494 e. The zero-order valence-electron chi connectivity index (χ0n) is 21.9. The largest absolute Gasteiger partial charge is 0.494 e. The van der Waals surface area contributed by atoms with Crippen molar-refractivity contribution in [3.63, 3.8) is 0 Å². The number of nitrogens with zero attached hydrogens (tertiary/aromatic N) is 1. The maximum absolute atomic E-state index is 12.3. The van der Waals surface area contributed by atoms with E-state index in [1.807, 2.05) is 0 Å². The van der Waals surface area contributed by atoms with E-state index in [1.54, 1.807) is 7.11 Å². The fraction of sp³-hybridized carbons (Fsp3) is 0.767. The molecule has 0 bridgehead atoms. The van der Waals surface area contributed by atoms with Crippen LogP contribution in [0.25, 0.3) is 0 Å². The first-order valence-electron chi connectivity index (χ1n) is 14.2. The van der Waals surface area contributed by atoms with E-state index in [4.69, 9.17) is 14.5 Å². The number of unbranched alkanes of at least 4 members (excludes halogenated alkanes) is 5. The SMILES string of the molecule is COCCCCCCCC1=NC(CC2CCCCC(O)C2)C(c2ccc(OCCCCF)cc2)C1. The maximum atomic E-state index is 12.3. The Morgan fingerprint density at radius 1 is 0.943 bits per heavy atom. The van der Waals surface area contributed by atoms with Gasteiger partial charge in [0.1, 0.15) is 5.75 Å². The monoisotopic (exact) mass is 489 g/mol. The molecule has 5 heteroatoms. The van der Waals surface area contributed by atoms with Gasteiger partial charge in [0.15, 0.2) is 0 Å². The first-order chi connectivity index (χ1) is 17.2. The normalized spacial score (nSPS) is 24.8. The number of hydrogen-bond acceptors (Lipinski definition) is 4. The molecule has 1 N–H and O–H groups in total. The highest BCUT2D eigenvalue weighted by Gasteiger charge is 2.33. The van der Waals surface area contributed by atoms with E-state index in [9.17, 15) is 9.50 Å². The van der Waals surface area contributed by atoms with Gasteiger partial charge >= 0.3 is 0 Å². The Balaban J connectivity index is 1.57. The third-order valence-electron chi connectivity index (χ3n) is 7.77. The average molecular weight is 490 g/mol. The molecular formula is C30H48FNO3. The van der Waals surface area contributed by atoms with Crippen LogP contribution in [-0.4, -0.2) is 50.0 Å². The van der Waals surface area contributed by atoms with Crippen LogP contribution in [0.5, 0.6) is 5.75 Å². The number of methoxy groups -OCH3 is 1. The molecule has 4 unspecified atom stereocenters.